The van der Waals surface area contributed by atoms with Gasteiger partial charge < -0.3 is 14.9 Å². The van der Waals surface area contributed by atoms with E-state index >= 15 is 0 Å². The summed E-state index contributed by atoms with van der Waals surface area (Å²) in [7, 11) is 1.92. The summed E-state index contributed by atoms with van der Waals surface area (Å²) in [5.41, 5.74) is 2.14. The minimum atomic E-state index is -0.468. The van der Waals surface area contributed by atoms with Crippen molar-refractivity contribution in [2.45, 2.75) is 13.5 Å². The van der Waals surface area contributed by atoms with Crippen molar-refractivity contribution in [3.05, 3.63) is 69.5 Å². The van der Waals surface area contributed by atoms with Crippen LogP contribution in [0.2, 0.25) is 0 Å². The van der Waals surface area contributed by atoms with Crippen LogP contribution in [0, 0.1) is 12.7 Å². The van der Waals surface area contributed by atoms with Gasteiger partial charge in [0.25, 0.3) is 5.91 Å². The Hall–Kier alpha value is -2.89. The number of pyridine rings is 1. The zero-order valence-corrected chi connectivity index (χ0v) is 12.8. The molecule has 2 heterocycles. The molecule has 2 N–H and O–H groups in total. The third-order valence-corrected chi connectivity index (χ3v) is 3.96. The zero-order valence-electron chi connectivity index (χ0n) is 12.8. The Bertz CT molecular complexity index is 956. The molecule has 0 radical (unpaired) electrons. The first-order chi connectivity index (χ1) is 11.0. The number of fused-ring (bicyclic) bond motifs is 1. The number of aromatic nitrogens is 2. The molecule has 0 aliphatic rings. The lowest BCUT2D eigenvalue weighted by molar-refractivity contribution is 0.0951. The van der Waals surface area contributed by atoms with Gasteiger partial charge in [-0.05, 0) is 37.3 Å². The lowest BCUT2D eigenvalue weighted by Gasteiger charge is -2.09. The van der Waals surface area contributed by atoms with E-state index in [4.69, 9.17) is 0 Å². The van der Waals surface area contributed by atoms with Crippen LogP contribution in [0.1, 0.15) is 21.7 Å². The number of halogens is 1. The van der Waals surface area contributed by atoms with Gasteiger partial charge in [0.15, 0.2) is 0 Å². The van der Waals surface area contributed by atoms with E-state index in [0.29, 0.717) is 17.4 Å². The molecule has 0 bridgehead atoms. The molecule has 23 heavy (non-hydrogen) atoms. The van der Waals surface area contributed by atoms with E-state index < -0.39 is 11.4 Å². The summed E-state index contributed by atoms with van der Waals surface area (Å²) in [4.78, 5) is 26.6. The molecule has 0 aliphatic carbocycles. The van der Waals surface area contributed by atoms with Crippen LogP contribution < -0.4 is 10.9 Å². The molecule has 6 heteroatoms. The number of carbonyl (C=O) groups is 1. The average molecular weight is 313 g/mol. The van der Waals surface area contributed by atoms with Crippen molar-refractivity contribution in [2.24, 2.45) is 7.05 Å². The van der Waals surface area contributed by atoms with Crippen molar-refractivity contribution in [3.8, 4) is 0 Å². The highest BCUT2D eigenvalue weighted by molar-refractivity contribution is 6.05. The second-order valence-electron chi connectivity index (χ2n) is 5.44. The number of rotatable bonds is 3. The summed E-state index contributed by atoms with van der Waals surface area (Å²) in [5, 5.41) is 3.30. The van der Waals surface area contributed by atoms with E-state index in [-0.39, 0.29) is 11.5 Å². The predicted molar refractivity (Wildman–Crippen MR) is 85.8 cm³/mol. The van der Waals surface area contributed by atoms with Gasteiger partial charge in [0.2, 0.25) is 5.56 Å². The summed E-state index contributed by atoms with van der Waals surface area (Å²) < 4.78 is 15.3. The summed E-state index contributed by atoms with van der Waals surface area (Å²) in [6.45, 7) is 2.32. The summed E-state index contributed by atoms with van der Waals surface area (Å²) in [5.74, 6) is -0.837. The molecule has 2 aromatic heterocycles. The molecule has 5 nitrogen and oxygen atoms in total. The molecular weight excluding hydrogens is 297 g/mol. The largest absolute Gasteiger partial charge is 0.350 e. The first kappa shape index (κ1) is 15.0. The van der Waals surface area contributed by atoms with Gasteiger partial charge in [0.1, 0.15) is 5.82 Å². The van der Waals surface area contributed by atoms with E-state index in [2.05, 4.69) is 10.3 Å². The quantitative estimate of drug-likeness (QED) is 0.779. The number of aryl methyl sites for hydroxylation is 1. The molecule has 0 unspecified atom stereocenters. The maximum absolute atomic E-state index is 13.3. The van der Waals surface area contributed by atoms with Gasteiger partial charge in [-0.25, -0.2) is 4.39 Å². The number of amides is 1. The minimum absolute atomic E-state index is 0.231. The van der Waals surface area contributed by atoms with Crippen molar-refractivity contribution < 1.29 is 9.18 Å². The summed E-state index contributed by atoms with van der Waals surface area (Å²) in [6, 6.07) is 9.08. The first-order valence-electron chi connectivity index (χ1n) is 7.17. The zero-order chi connectivity index (χ0) is 16.6. The van der Waals surface area contributed by atoms with E-state index in [1.807, 2.05) is 30.7 Å². The Kier molecular flexibility index (Phi) is 3.73. The molecule has 0 fully saturated rings. The van der Waals surface area contributed by atoms with Gasteiger partial charge in [-0.15, -0.1) is 0 Å². The number of aromatic amines is 1. The smallest absolute Gasteiger partial charge is 0.252 e. The van der Waals surface area contributed by atoms with Crippen molar-refractivity contribution in [1.82, 2.24) is 14.9 Å². The van der Waals surface area contributed by atoms with Crippen LogP contribution in [-0.2, 0) is 13.6 Å². The molecular formula is C17H16FN3O2. The predicted octanol–water partition coefficient (Wildman–Crippen LogP) is 2.24. The monoisotopic (exact) mass is 313 g/mol. The van der Waals surface area contributed by atoms with Crippen LogP contribution >= 0.6 is 0 Å². The maximum atomic E-state index is 13.3. The SMILES string of the molecule is Cc1ccc(CNC(=O)c2cc(=O)[nH]c3cc(F)ccc23)n1C. The van der Waals surface area contributed by atoms with Crippen LogP contribution in [0.5, 0.6) is 0 Å². The van der Waals surface area contributed by atoms with Crippen LogP contribution in [0.3, 0.4) is 0 Å². The molecule has 3 aromatic rings. The van der Waals surface area contributed by atoms with Crippen LogP contribution in [0.4, 0.5) is 4.39 Å². The number of hydrogen-bond acceptors (Lipinski definition) is 2. The highest BCUT2D eigenvalue weighted by Gasteiger charge is 2.13. The molecule has 0 spiro atoms. The number of nitrogens with one attached hydrogen (secondary N) is 2. The third kappa shape index (κ3) is 2.88. The number of benzene rings is 1. The highest BCUT2D eigenvalue weighted by Crippen LogP contribution is 2.16. The fourth-order valence-electron chi connectivity index (χ4n) is 2.53. The fourth-order valence-corrected chi connectivity index (χ4v) is 2.53. The molecule has 1 amide bonds. The van der Waals surface area contributed by atoms with Gasteiger partial charge in [-0.2, -0.15) is 0 Å². The van der Waals surface area contributed by atoms with Crippen LogP contribution in [0.15, 0.2) is 41.2 Å². The molecule has 0 atom stereocenters. The fraction of sp³-hybridized carbons (Fsp3) is 0.176. The van der Waals surface area contributed by atoms with Crippen LogP contribution in [-0.4, -0.2) is 15.5 Å². The van der Waals surface area contributed by atoms with Crippen molar-refractivity contribution in [2.75, 3.05) is 0 Å². The summed E-state index contributed by atoms with van der Waals surface area (Å²) in [6.07, 6.45) is 0. The normalized spacial score (nSPS) is 10.9. The number of nitrogens with zero attached hydrogens (tertiary/aromatic N) is 1. The molecule has 1 aromatic carbocycles. The van der Waals surface area contributed by atoms with E-state index in [0.717, 1.165) is 11.4 Å². The summed E-state index contributed by atoms with van der Waals surface area (Å²) >= 11 is 0. The number of carbonyl (C=O) groups excluding carboxylic acids is 1. The lowest BCUT2D eigenvalue weighted by atomic mass is 10.1. The Labute approximate surface area is 131 Å². The minimum Gasteiger partial charge on any atom is -0.350 e. The van der Waals surface area contributed by atoms with Gasteiger partial charge in [0, 0.05) is 29.9 Å². The molecule has 0 aliphatic heterocycles. The molecule has 3 rings (SSSR count). The Morgan fingerprint density at radius 3 is 2.74 bits per heavy atom. The first-order valence-corrected chi connectivity index (χ1v) is 7.17. The van der Waals surface area contributed by atoms with Gasteiger partial charge in [-0.3, -0.25) is 9.59 Å². The molecule has 0 saturated carbocycles. The van der Waals surface area contributed by atoms with Gasteiger partial charge in [0.05, 0.1) is 17.6 Å². The van der Waals surface area contributed by atoms with E-state index in [9.17, 15) is 14.0 Å². The standard InChI is InChI=1S/C17H16FN3O2/c1-10-3-5-12(21(10)2)9-19-17(23)14-8-16(22)20-15-7-11(18)4-6-13(14)15/h3-8H,9H2,1-2H3,(H,19,23)(H,20,22). The van der Waals surface area contributed by atoms with Gasteiger partial charge in [-0.1, -0.05) is 0 Å². The highest BCUT2D eigenvalue weighted by atomic mass is 19.1. The van der Waals surface area contributed by atoms with Crippen molar-refractivity contribution >= 4 is 16.8 Å². The van der Waals surface area contributed by atoms with Crippen molar-refractivity contribution in [3.63, 3.8) is 0 Å². The average Bonchev–Trinajstić information content (AvgIpc) is 2.83. The molecule has 118 valence electrons. The van der Waals surface area contributed by atoms with Gasteiger partial charge >= 0.3 is 0 Å². The van der Waals surface area contributed by atoms with E-state index in [1.165, 1.54) is 24.3 Å². The number of hydrogen-bond donors (Lipinski definition) is 2. The Balaban J connectivity index is 1.91. The Morgan fingerprint density at radius 2 is 2.04 bits per heavy atom. The number of H-pyrrole nitrogens is 1. The maximum Gasteiger partial charge on any atom is 0.252 e. The lowest BCUT2D eigenvalue weighted by Crippen LogP contribution is -2.25. The third-order valence-electron chi connectivity index (χ3n) is 3.96. The second-order valence-corrected chi connectivity index (χ2v) is 5.44. The molecule has 0 saturated heterocycles. The van der Waals surface area contributed by atoms with E-state index in [1.54, 1.807) is 0 Å². The van der Waals surface area contributed by atoms with Crippen LogP contribution in [0.25, 0.3) is 10.9 Å². The topological polar surface area (TPSA) is 66.9 Å². The second kappa shape index (κ2) is 5.72. The van der Waals surface area contributed by atoms with Crippen molar-refractivity contribution in [1.29, 1.82) is 0 Å². The Morgan fingerprint density at radius 1 is 1.26 bits per heavy atom.